The van der Waals surface area contributed by atoms with E-state index in [1.165, 1.54) is 11.3 Å². The number of aromatic hydroxyl groups is 1. The van der Waals surface area contributed by atoms with Crippen LogP contribution >= 0.6 is 12.2 Å². The fourth-order valence-electron chi connectivity index (χ4n) is 4.17. The molecule has 0 amide bonds. The fraction of sp³-hybridized carbons (Fsp3) is 0.273. The van der Waals surface area contributed by atoms with Crippen molar-refractivity contribution in [1.82, 2.24) is 19.8 Å². The smallest absolute Gasteiger partial charge is 0.170 e. The summed E-state index contributed by atoms with van der Waals surface area (Å²) in [7, 11) is 0. The van der Waals surface area contributed by atoms with Gasteiger partial charge in [0.15, 0.2) is 5.11 Å². The van der Waals surface area contributed by atoms with Crippen LogP contribution in [-0.4, -0.2) is 31.2 Å². The third-order valence-electron chi connectivity index (χ3n) is 5.44. The van der Waals surface area contributed by atoms with Crippen LogP contribution in [0.4, 0.5) is 0 Å². The topological polar surface area (TPSA) is 53.3 Å². The van der Waals surface area contributed by atoms with Gasteiger partial charge in [-0.15, -0.1) is 0 Å². The van der Waals surface area contributed by atoms with Gasteiger partial charge in [0.25, 0.3) is 0 Å². The Labute approximate surface area is 170 Å². The van der Waals surface area contributed by atoms with Crippen molar-refractivity contribution in [1.29, 1.82) is 0 Å². The van der Waals surface area contributed by atoms with E-state index < -0.39 is 0 Å². The molecule has 0 bridgehead atoms. The summed E-state index contributed by atoms with van der Waals surface area (Å²) in [6.45, 7) is 7.19. The van der Waals surface area contributed by atoms with Gasteiger partial charge < -0.3 is 19.9 Å². The molecule has 0 aliphatic carbocycles. The summed E-state index contributed by atoms with van der Waals surface area (Å²) in [6.07, 6.45) is 1.82. The second-order valence-electron chi connectivity index (χ2n) is 7.09. The molecule has 144 valence electrons. The SMILES string of the molecule is CCN1C(=S)N[C@H](c2ccccn2)[C@@H]1c1cc(C)n(-c2ccc(O)cc2)c1C. The molecule has 5 nitrogen and oxygen atoms in total. The van der Waals surface area contributed by atoms with Gasteiger partial charge >= 0.3 is 0 Å². The van der Waals surface area contributed by atoms with Gasteiger partial charge in [0.05, 0.1) is 17.8 Å². The highest BCUT2D eigenvalue weighted by Crippen LogP contribution is 2.41. The number of benzene rings is 1. The Morgan fingerprint density at radius 2 is 1.89 bits per heavy atom. The van der Waals surface area contributed by atoms with Crippen molar-refractivity contribution in [2.24, 2.45) is 0 Å². The maximum Gasteiger partial charge on any atom is 0.170 e. The van der Waals surface area contributed by atoms with E-state index in [9.17, 15) is 5.11 Å². The van der Waals surface area contributed by atoms with Crippen molar-refractivity contribution < 1.29 is 5.11 Å². The van der Waals surface area contributed by atoms with E-state index in [0.29, 0.717) is 0 Å². The first-order chi connectivity index (χ1) is 13.5. The van der Waals surface area contributed by atoms with Gasteiger partial charge in [-0.25, -0.2) is 0 Å². The summed E-state index contributed by atoms with van der Waals surface area (Å²) < 4.78 is 2.22. The van der Waals surface area contributed by atoms with Crippen molar-refractivity contribution in [3.8, 4) is 11.4 Å². The molecule has 4 rings (SSSR count). The van der Waals surface area contributed by atoms with Crippen molar-refractivity contribution >= 4 is 17.3 Å². The lowest BCUT2D eigenvalue weighted by atomic mass is 9.97. The second-order valence-corrected chi connectivity index (χ2v) is 7.48. The molecule has 6 heteroatoms. The summed E-state index contributed by atoms with van der Waals surface area (Å²) in [6, 6.07) is 15.6. The van der Waals surface area contributed by atoms with Gasteiger partial charge in [0.2, 0.25) is 0 Å². The van der Waals surface area contributed by atoms with Crippen LogP contribution in [0, 0.1) is 13.8 Å². The molecule has 28 heavy (non-hydrogen) atoms. The number of hydrogen-bond donors (Lipinski definition) is 2. The zero-order valence-corrected chi connectivity index (χ0v) is 17.1. The van der Waals surface area contributed by atoms with Crippen LogP contribution in [0.3, 0.4) is 0 Å². The summed E-state index contributed by atoms with van der Waals surface area (Å²) in [4.78, 5) is 6.82. The molecule has 1 fully saturated rings. The molecule has 2 atom stereocenters. The molecule has 2 N–H and O–H groups in total. The minimum atomic E-state index is 0.00224. The van der Waals surface area contributed by atoms with Crippen molar-refractivity contribution in [3.63, 3.8) is 0 Å². The number of nitrogens with zero attached hydrogens (tertiary/aromatic N) is 3. The van der Waals surface area contributed by atoms with E-state index in [1.807, 2.05) is 36.5 Å². The normalized spacial score (nSPS) is 19.1. The number of likely N-dealkylation sites (N-methyl/N-ethyl adjacent to an activating group) is 1. The molecule has 1 saturated heterocycles. The standard InChI is InChI=1S/C22H24N4OS/c1-4-25-21(20(24-22(25)28)19-7-5-6-12-23-19)18-13-14(2)26(15(18)3)16-8-10-17(27)11-9-16/h5-13,20-21,27H,4H2,1-3H3,(H,24,28)/t20-,21+/m1/s1. The van der Waals surface area contributed by atoms with Crippen LogP contribution in [0.2, 0.25) is 0 Å². The van der Waals surface area contributed by atoms with Gasteiger partial charge in [-0.3, -0.25) is 4.98 Å². The highest BCUT2D eigenvalue weighted by Gasteiger charge is 2.40. The predicted octanol–water partition coefficient (Wildman–Crippen LogP) is 4.19. The van der Waals surface area contributed by atoms with E-state index >= 15 is 0 Å². The number of aromatic nitrogens is 2. The van der Waals surface area contributed by atoms with Crippen LogP contribution in [0.25, 0.3) is 5.69 Å². The van der Waals surface area contributed by atoms with Crippen LogP contribution in [-0.2, 0) is 0 Å². The molecule has 0 radical (unpaired) electrons. The van der Waals surface area contributed by atoms with E-state index in [-0.39, 0.29) is 17.8 Å². The average molecular weight is 393 g/mol. The third kappa shape index (κ3) is 3.03. The highest BCUT2D eigenvalue weighted by atomic mass is 32.1. The van der Waals surface area contributed by atoms with Crippen molar-refractivity contribution in [3.05, 3.63) is 77.4 Å². The maximum atomic E-state index is 9.63. The fourth-order valence-corrected chi connectivity index (χ4v) is 4.54. The lowest BCUT2D eigenvalue weighted by Crippen LogP contribution is -2.29. The van der Waals surface area contributed by atoms with Gasteiger partial charge in [0, 0.05) is 29.8 Å². The van der Waals surface area contributed by atoms with Gasteiger partial charge in [0.1, 0.15) is 5.75 Å². The molecule has 0 spiro atoms. The van der Waals surface area contributed by atoms with E-state index in [0.717, 1.165) is 28.7 Å². The first-order valence-corrected chi connectivity index (χ1v) is 9.88. The van der Waals surface area contributed by atoms with Crippen LogP contribution < -0.4 is 5.32 Å². The number of thiocarbonyl (C=S) groups is 1. The Hall–Kier alpha value is -2.86. The molecule has 3 heterocycles. The monoisotopic (exact) mass is 392 g/mol. The molecule has 3 aromatic rings. The van der Waals surface area contributed by atoms with Crippen molar-refractivity contribution in [2.75, 3.05) is 6.54 Å². The van der Waals surface area contributed by atoms with E-state index in [4.69, 9.17) is 12.2 Å². The Kier molecular flexibility index (Phi) is 4.81. The molecule has 1 aliphatic rings. The van der Waals surface area contributed by atoms with Crippen LogP contribution in [0.5, 0.6) is 5.75 Å². The van der Waals surface area contributed by atoms with Crippen LogP contribution in [0.15, 0.2) is 54.7 Å². The first-order valence-electron chi connectivity index (χ1n) is 9.47. The number of rotatable bonds is 4. The number of phenols is 1. The Morgan fingerprint density at radius 1 is 1.14 bits per heavy atom. The number of hydrogen-bond acceptors (Lipinski definition) is 3. The van der Waals surface area contributed by atoms with E-state index in [1.54, 1.807) is 12.1 Å². The number of phenolic OH excluding ortho intramolecular Hbond substituents is 1. The highest BCUT2D eigenvalue weighted by molar-refractivity contribution is 7.80. The quantitative estimate of drug-likeness (QED) is 0.652. The minimum Gasteiger partial charge on any atom is -0.508 e. The Bertz CT molecular complexity index is 997. The minimum absolute atomic E-state index is 0.00224. The van der Waals surface area contributed by atoms with Gasteiger partial charge in [-0.2, -0.15) is 0 Å². The number of nitrogens with one attached hydrogen (secondary N) is 1. The number of aryl methyl sites for hydroxylation is 1. The summed E-state index contributed by atoms with van der Waals surface area (Å²) in [5.74, 6) is 0.268. The summed E-state index contributed by atoms with van der Waals surface area (Å²) >= 11 is 5.64. The lowest BCUT2D eigenvalue weighted by molar-refractivity contribution is 0.329. The predicted molar refractivity (Wildman–Crippen MR) is 115 cm³/mol. The molecule has 0 saturated carbocycles. The first kappa shape index (κ1) is 18.5. The molecule has 1 aromatic carbocycles. The maximum absolute atomic E-state index is 9.63. The molecular weight excluding hydrogens is 368 g/mol. The third-order valence-corrected chi connectivity index (χ3v) is 5.79. The molecule has 0 unspecified atom stereocenters. The zero-order valence-electron chi connectivity index (χ0n) is 16.3. The lowest BCUT2D eigenvalue weighted by Gasteiger charge is -2.27. The molecule has 2 aromatic heterocycles. The van der Waals surface area contributed by atoms with Crippen LogP contribution in [0.1, 0.15) is 41.7 Å². The molecular formula is C22H24N4OS. The largest absolute Gasteiger partial charge is 0.508 e. The number of pyridine rings is 1. The average Bonchev–Trinajstić information content (AvgIpc) is 3.18. The Balaban J connectivity index is 1.82. The summed E-state index contributed by atoms with van der Waals surface area (Å²) in [5, 5.41) is 13.9. The van der Waals surface area contributed by atoms with Crippen molar-refractivity contribution in [2.45, 2.75) is 32.9 Å². The second kappa shape index (κ2) is 7.28. The Morgan fingerprint density at radius 3 is 2.54 bits per heavy atom. The summed E-state index contributed by atoms with van der Waals surface area (Å²) in [5.41, 5.74) is 5.56. The van der Waals surface area contributed by atoms with E-state index in [2.05, 4.69) is 46.6 Å². The zero-order chi connectivity index (χ0) is 19.8. The van der Waals surface area contributed by atoms with Gasteiger partial charge in [-0.05, 0) is 81.0 Å². The molecule has 1 aliphatic heterocycles. The van der Waals surface area contributed by atoms with Gasteiger partial charge in [-0.1, -0.05) is 6.07 Å².